The zero-order chi connectivity index (χ0) is 19.5. The van der Waals surface area contributed by atoms with Gasteiger partial charge in [-0.15, -0.1) is 28.1 Å². The van der Waals surface area contributed by atoms with Crippen LogP contribution in [-0.4, -0.2) is 19.3 Å². The first kappa shape index (κ1) is 18.2. The van der Waals surface area contributed by atoms with Gasteiger partial charge in [-0.3, -0.25) is 9.36 Å². The lowest BCUT2D eigenvalue weighted by molar-refractivity contribution is 0.556. The molecule has 0 bridgehead atoms. The molecule has 7 nitrogen and oxygen atoms in total. The minimum absolute atomic E-state index is 0.181. The van der Waals surface area contributed by atoms with Gasteiger partial charge in [-0.05, 0) is 25.0 Å². The quantitative estimate of drug-likeness (QED) is 0.628. The minimum atomic E-state index is -0.181. The molecule has 3 aromatic heterocycles. The fraction of sp³-hybridized carbons (Fsp3) is 0.300. The number of nitriles is 1. The highest BCUT2D eigenvalue weighted by Gasteiger charge is 2.20. The van der Waals surface area contributed by atoms with E-state index in [-0.39, 0.29) is 5.56 Å². The number of allylic oxidation sites excluding steroid dienone is 1. The Morgan fingerprint density at radius 3 is 3.04 bits per heavy atom. The van der Waals surface area contributed by atoms with E-state index in [0.717, 1.165) is 38.1 Å². The normalized spacial score (nSPS) is 15.6. The molecule has 1 aliphatic rings. The highest BCUT2D eigenvalue weighted by molar-refractivity contribution is 7.07. The van der Waals surface area contributed by atoms with Gasteiger partial charge in [-0.25, -0.2) is 0 Å². The Labute approximate surface area is 165 Å². The molecule has 0 saturated heterocycles. The fourth-order valence-electron chi connectivity index (χ4n) is 3.37. The Kier molecular flexibility index (Phi) is 5.08. The van der Waals surface area contributed by atoms with Crippen LogP contribution in [0, 0.1) is 11.3 Å². The van der Waals surface area contributed by atoms with E-state index in [9.17, 15) is 10.1 Å². The third-order valence-corrected chi connectivity index (χ3v) is 5.82. The molecule has 0 N–H and O–H groups in total. The summed E-state index contributed by atoms with van der Waals surface area (Å²) >= 11 is 1.26. The summed E-state index contributed by atoms with van der Waals surface area (Å²) in [6.07, 6.45) is 8.98. The molecule has 0 saturated carbocycles. The number of furan rings is 1. The zero-order valence-corrected chi connectivity index (χ0v) is 16.1. The zero-order valence-electron chi connectivity index (χ0n) is 15.3. The predicted octanol–water partition coefficient (Wildman–Crippen LogP) is 1.56. The van der Waals surface area contributed by atoms with Gasteiger partial charge in [0.1, 0.15) is 27.9 Å². The molecule has 4 rings (SSSR count). The van der Waals surface area contributed by atoms with Gasteiger partial charge in [0.05, 0.1) is 10.8 Å². The highest BCUT2D eigenvalue weighted by Crippen LogP contribution is 2.18. The van der Waals surface area contributed by atoms with Gasteiger partial charge in [-0.2, -0.15) is 5.26 Å². The third-order valence-electron chi connectivity index (χ3n) is 4.69. The molecule has 4 heterocycles. The molecule has 8 heteroatoms. The summed E-state index contributed by atoms with van der Waals surface area (Å²) in [4.78, 5) is 12.9. The number of hydrogen-bond acceptors (Lipinski definition) is 6. The first-order valence-electron chi connectivity index (χ1n) is 9.15. The molecule has 3 aromatic rings. The lowest BCUT2D eigenvalue weighted by Gasteiger charge is -2.06. The maximum atomic E-state index is 12.9. The van der Waals surface area contributed by atoms with Crippen LogP contribution in [0.4, 0.5) is 0 Å². The van der Waals surface area contributed by atoms with Crippen molar-refractivity contribution >= 4 is 23.0 Å². The minimum Gasteiger partial charge on any atom is -0.465 e. The van der Waals surface area contributed by atoms with Crippen molar-refractivity contribution in [2.75, 3.05) is 0 Å². The van der Waals surface area contributed by atoms with Gasteiger partial charge >= 0.3 is 0 Å². The number of nitrogens with zero attached hydrogens (tertiary/aromatic N) is 5. The Balaban J connectivity index is 1.99. The van der Waals surface area contributed by atoms with Gasteiger partial charge in [0.15, 0.2) is 5.82 Å². The summed E-state index contributed by atoms with van der Waals surface area (Å²) < 4.78 is 9.97. The number of aromatic nitrogens is 4. The summed E-state index contributed by atoms with van der Waals surface area (Å²) in [7, 11) is 0. The average molecular weight is 393 g/mol. The lowest BCUT2D eigenvalue weighted by atomic mass is 10.2. The van der Waals surface area contributed by atoms with Crippen LogP contribution in [0.1, 0.15) is 36.7 Å². The number of rotatable bonds is 4. The first-order valence-corrected chi connectivity index (χ1v) is 9.97. The van der Waals surface area contributed by atoms with Crippen molar-refractivity contribution in [3.05, 3.63) is 68.0 Å². The third kappa shape index (κ3) is 3.25. The molecule has 0 aliphatic carbocycles. The van der Waals surface area contributed by atoms with Gasteiger partial charge < -0.3 is 8.98 Å². The van der Waals surface area contributed by atoms with Crippen molar-refractivity contribution in [3.8, 4) is 6.07 Å². The van der Waals surface area contributed by atoms with Crippen molar-refractivity contribution in [2.24, 2.45) is 0 Å². The molecule has 0 fully saturated rings. The van der Waals surface area contributed by atoms with Crippen LogP contribution in [0.2, 0.25) is 0 Å². The summed E-state index contributed by atoms with van der Waals surface area (Å²) in [6.45, 7) is 4.84. The smallest absolute Gasteiger partial charge is 0.269 e. The molecular formula is C20H19N5O2S. The lowest BCUT2D eigenvalue weighted by Crippen LogP contribution is -2.32. The van der Waals surface area contributed by atoms with Gasteiger partial charge in [-0.1, -0.05) is 12.5 Å². The van der Waals surface area contributed by atoms with Crippen LogP contribution in [0.25, 0.3) is 11.6 Å². The molecule has 1 aliphatic heterocycles. The number of thiazole rings is 1. The van der Waals surface area contributed by atoms with E-state index in [4.69, 9.17) is 4.42 Å². The predicted molar refractivity (Wildman–Crippen MR) is 106 cm³/mol. The molecule has 28 heavy (non-hydrogen) atoms. The van der Waals surface area contributed by atoms with E-state index < -0.39 is 0 Å². The number of hydrogen-bond donors (Lipinski definition) is 0. The van der Waals surface area contributed by atoms with Crippen molar-refractivity contribution in [3.63, 3.8) is 0 Å². The first-order chi connectivity index (χ1) is 13.7. The van der Waals surface area contributed by atoms with Crippen LogP contribution >= 0.6 is 11.3 Å². The van der Waals surface area contributed by atoms with Gasteiger partial charge in [0.2, 0.25) is 0 Å². The molecule has 0 atom stereocenters. The van der Waals surface area contributed by atoms with Crippen LogP contribution in [-0.2, 0) is 19.5 Å². The van der Waals surface area contributed by atoms with E-state index in [1.54, 1.807) is 35.1 Å². The van der Waals surface area contributed by atoms with Crippen LogP contribution < -0.4 is 14.8 Å². The second kappa shape index (κ2) is 7.82. The van der Waals surface area contributed by atoms with Crippen LogP contribution in [0.5, 0.6) is 0 Å². The van der Waals surface area contributed by atoms with Crippen molar-refractivity contribution in [1.29, 1.82) is 5.26 Å². The molecule has 0 spiro atoms. The molecule has 0 aromatic carbocycles. The Bertz CT molecular complexity index is 1220. The maximum absolute atomic E-state index is 12.9. The van der Waals surface area contributed by atoms with Crippen molar-refractivity contribution in [1.82, 2.24) is 19.3 Å². The average Bonchev–Trinajstić information content (AvgIpc) is 3.37. The van der Waals surface area contributed by atoms with E-state index in [1.807, 2.05) is 4.57 Å². The monoisotopic (exact) mass is 393 g/mol. The maximum Gasteiger partial charge on any atom is 0.269 e. The molecular weight excluding hydrogens is 374 g/mol. The van der Waals surface area contributed by atoms with Crippen molar-refractivity contribution < 1.29 is 4.42 Å². The largest absolute Gasteiger partial charge is 0.465 e. The van der Waals surface area contributed by atoms with Crippen LogP contribution in [0.15, 0.2) is 40.3 Å². The SMILES string of the molecule is C=CCn1c(=C(C#N)c2nnc3n2CCCCC3)sc(=Cc2ccco2)c1=O. The Morgan fingerprint density at radius 1 is 1.39 bits per heavy atom. The standard InChI is InChI=1S/C20H19N5O2S/c1-2-9-25-19(26)16(12-14-7-6-11-27-14)28-20(25)15(13-21)18-23-22-17-8-4-3-5-10-24(17)18/h2,6-7,11-12H,1,3-5,8-10H2. The Morgan fingerprint density at radius 2 is 2.29 bits per heavy atom. The molecule has 0 amide bonds. The second-order valence-corrected chi connectivity index (χ2v) is 7.56. The summed E-state index contributed by atoms with van der Waals surface area (Å²) in [5.41, 5.74) is 0.184. The van der Waals surface area contributed by atoms with E-state index in [2.05, 4.69) is 22.8 Å². The molecule has 0 radical (unpaired) electrons. The molecule has 0 unspecified atom stereocenters. The summed E-state index contributed by atoms with van der Waals surface area (Å²) in [5.74, 6) is 2.02. The Hall–Kier alpha value is -3.18. The van der Waals surface area contributed by atoms with E-state index in [0.29, 0.717) is 32.9 Å². The van der Waals surface area contributed by atoms with Gasteiger partial charge in [0.25, 0.3) is 5.56 Å². The van der Waals surface area contributed by atoms with E-state index in [1.165, 1.54) is 11.3 Å². The number of aryl methyl sites for hydroxylation is 1. The number of fused-ring (bicyclic) bond motifs is 1. The topological polar surface area (TPSA) is 89.6 Å². The van der Waals surface area contributed by atoms with E-state index >= 15 is 0 Å². The van der Waals surface area contributed by atoms with Crippen molar-refractivity contribution in [2.45, 2.75) is 38.8 Å². The van der Waals surface area contributed by atoms with Crippen LogP contribution in [0.3, 0.4) is 0 Å². The second-order valence-electron chi connectivity index (χ2n) is 6.52. The van der Waals surface area contributed by atoms with Gasteiger partial charge in [0, 0.05) is 25.6 Å². The summed E-state index contributed by atoms with van der Waals surface area (Å²) in [5, 5.41) is 18.5. The fourth-order valence-corrected chi connectivity index (χ4v) is 4.45. The molecule has 142 valence electrons. The summed E-state index contributed by atoms with van der Waals surface area (Å²) in [6, 6.07) is 5.81. The highest BCUT2D eigenvalue weighted by atomic mass is 32.1.